The van der Waals surface area contributed by atoms with E-state index < -0.39 is 0 Å². The largest absolute Gasteiger partial charge is 0.321 e. The molecule has 7 heteroatoms. The molecular weight excluding hydrogens is 308 g/mol. The van der Waals surface area contributed by atoms with E-state index in [-0.39, 0.29) is 0 Å². The first-order valence-corrected chi connectivity index (χ1v) is 5.34. The molecule has 0 saturated carbocycles. The summed E-state index contributed by atoms with van der Waals surface area (Å²) in [6.45, 7) is 0. The maximum Gasteiger partial charge on any atom is 0.178 e. The van der Waals surface area contributed by atoms with Gasteiger partial charge in [0.2, 0.25) is 0 Å². The number of thiophene rings is 1. The summed E-state index contributed by atoms with van der Waals surface area (Å²) in [5.41, 5.74) is 2.41. The summed E-state index contributed by atoms with van der Waals surface area (Å²) in [5.74, 6) is 10.8. The van der Waals surface area contributed by atoms with Crippen LogP contribution in [0.4, 0.5) is 0 Å². The molecule has 0 unspecified atom stereocenters. The monoisotopic (exact) mass is 312 g/mol. The van der Waals surface area contributed by atoms with Crippen LogP contribution in [0.3, 0.4) is 0 Å². The van der Waals surface area contributed by atoms with Gasteiger partial charge >= 0.3 is 0 Å². The van der Waals surface area contributed by atoms with E-state index in [1.54, 1.807) is 0 Å². The van der Waals surface area contributed by atoms with Gasteiger partial charge in [0, 0.05) is 9.85 Å². The molecular formula is C5H6Br2N4S. The zero-order valence-electron chi connectivity index (χ0n) is 5.84. The number of halogens is 2. The lowest BCUT2D eigenvalue weighted by Gasteiger charge is -2.00. The lowest BCUT2D eigenvalue weighted by molar-refractivity contribution is 1.01. The molecule has 4 nitrogen and oxygen atoms in total. The molecule has 1 aromatic heterocycles. The fourth-order valence-electron chi connectivity index (χ4n) is 0.644. The van der Waals surface area contributed by atoms with Crippen LogP contribution in [-0.2, 0) is 0 Å². The van der Waals surface area contributed by atoms with E-state index in [9.17, 15) is 0 Å². The van der Waals surface area contributed by atoms with Crippen molar-refractivity contribution in [1.29, 1.82) is 0 Å². The smallest absolute Gasteiger partial charge is 0.178 e. The highest BCUT2D eigenvalue weighted by molar-refractivity contribution is 9.13. The third kappa shape index (κ3) is 1.79. The SMILES string of the molecule is N/N=C(\NN)c1scc(Br)c1Br. The minimum absolute atomic E-state index is 0.456. The summed E-state index contributed by atoms with van der Waals surface area (Å²) in [6.07, 6.45) is 0. The first-order chi connectivity index (χ1) is 5.70. The van der Waals surface area contributed by atoms with E-state index >= 15 is 0 Å². The van der Waals surface area contributed by atoms with E-state index in [0.29, 0.717) is 5.84 Å². The normalized spacial score (nSPS) is 11.8. The summed E-state index contributed by atoms with van der Waals surface area (Å²) in [7, 11) is 0. The van der Waals surface area contributed by atoms with Crippen LogP contribution >= 0.6 is 43.2 Å². The zero-order valence-corrected chi connectivity index (χ0v) is 9.83. The van der Waals surface area contributed by atoms with E-state index in [0.717, 1.165) is 13.8 Å². The number of rotatable bonds is 1. The van der Waals surface area contributed by atoms with E-state index in [4.69, 9.17) is 11.7 Å². The van der Waals surface area contributed by atoms with E-state index in [1.807, 2.05) is 5.38 Å². The summed E-state index contributed by atoms with van der Waals surface area (Å²) in [6, 6.07) is 0. The van der Waals surface area contributed by atoms with Crippen molar-refractivity contribution in [2.75, 3.05) is 0 Å². The third-order valence-corrected chi connectivity index (χ3v) is 4.70. The standard InChI is InChI=1S/C5H6Br2N4S/c6-2-1-12-4(3(2)7)5(10-8)11-9/h1H,8-9H2,(H,10,11). The minimum Gasteiger partial charge on any atom is -0.321 e. The predicted octanol–water partition coefficient (Wildman–Crippen LogP) is 1.36. The molecule has 1 heterocycles. The van der Waals surface area contributed by atoms with Crippen molar-refractivity contribution in [3.05, 3.63) is 19.2 Å². The van der Waals surface area contributed by atoms with Crippen molar-refractivity contribution in [3.63, 3.8) is 0 Å². The molecule has 1 aromatic rings. The lowest BCUT2D eigenvalue weighted by Crippen LogP contribution is -2.31. The van der Waals surface area contributed by atoms with Crippen molar-refractivity contribution >= 4 is 49.0 Å². The number of hydrogen-bond acceptors (Lipinski definition) is 4. The maximum atomic E-state index is 5.20. The van der Waals surface area contributed by atoms with Gasteiger partial charge in [-0.1, -0.05) is 0 Å². The molecule has 66 valence electrons. The van der Waals surface area contributed by atoms with Gasteiger partial charge < -0.3 is 11.3 Å². The van der Waals surface area contributed by atoms with Crippen molar-refractivity contribution in [2.45, 2.75) is 0 Å². The Balaban J connectivity index is 3.10. The fraction of sp³-hybridized carbons (Fsp3) is 0. The Bertz CT molecular complexity index is 308. The highest BCUT2D eigenvalue weighted by Crippen LogP contribution is 2.32. The van der Waals surface area contributed by atoms with Crippen molar-refractivity contribution in [1.82, 2.24) is 5.43 Å². The second-order valence-corrected chi connectivity index (χ2v) is 4.38. The molecule has 0 radical (unpaired) electrons. The maximum absolute atomic E-state index is 5.20. The Morgan fingerprint density at radius 1 is 1.58 bits per heavy atom. The molecule has 0 aliphatic carbocycles. The van der Waals surface area contributed by atoms with Gasteiger partial charge in [0.1, 0.15) is 0 Å². The van der Waals surface area contributed by atoms with Crippen LogP contribution in [0.2, 0.25) is 0 Å². The Kier molecular flexibility index (Phi) is 3.51. The first-order valence-electron chi connectivity index (χ1n) is 2.88. The average molecular weight is 314 g/mol. The van der Waals surface area contributed by atoms with Crippen LogP contribution in [0.15, 0.2) is 19.4 Å². The molecule has 0 atom stereocenters. The number of nitrogens with two attached hydrogens (primary N) is 2. The zero-order chi connectivity index (χ0) is 9.14. The summed E-state index contributed by atoms with van der Waals surface area (Å²) in [4.78, 5) is 0.867. The van der Waals surface area contributed by atoms with Crippen molar-refractivity contribution in [3.8, 4) is 0 Å². The van der Waals surface area contributed by atoms with Crippen LogP contribution in [0.1, 0.15) is 4.88 Å². The molecule has 5 N–H and O–H groups in total. The number of hydrogen-bond donors (Lipinski definition) is 3. The fourth-order valence-corrected chi connectivity index (χ4v) is 2.76. The summed E-state index contributed by atoms with van der Waals surface area (Å²) in [5, 5.41) is 5.41. The second-order valence-electron chi connectivity index (χ2n) is 1.85. The number of nitrogens with one attached hydrogen (secondary N) is 1. The number of hydrazine groups is 1. The summed E-state index contributed by atoms with van der Waals surface area (Å²) < 4.78 is 1.86. The quantitative estimate of drug-likeness (QED) is 0.317. The summed E-state index contributed by atoms with van der Waals surface area (Å²) >= 11 is 8.19. The van der Waals surface area contributed by atoms with Gasteiger partial charge in [0.25, 0.3) is 0 Å². The Labute approximate surface area is 90.2 Å². The van der Waals surface area contributed by atoms with Gasteiger partial charge in [-0.25, -0.2) is 5.84 Å². The lowest BCUT2D eigenvalue weighted by atomic mass is 10.4. The van der Waals surface area contributed by atoms with Gasteiger partial charge in [0.05, 0.1) is 9.35 Å². The average Bonchev–Trinajstić information content (AvgIpc) is 2.38. The van der Waals surface area contributed by atoms with E-state index in [1.165, 1.54) is 11.3 Å². The van der Waals surface area contributed by atoms with Crippen LogP contribution in [0.5, 0.6) is 0 Å². The molecule has 1 rings (SSSR count). The minimum atomic E-state index is 0.456. The number of nitrogens with zero attached hydrogens (tertiary/aromatic N) is 1. The van der Waals surface area contributed by atoms with Gasteiger partial charge in [0.15, 0.2) is 5.84 Å². The van der Waals surface area contributed by atoms with Crippen molar-refractivity contribution < 1.29 is 0 Å². The first kappa shape index (κ1) is 9.97. The van der Waals surface area contributed by atoms with Crippen LogP contribution in [-0.4, -0.2) is 5.84 Å². The molecule has 0 spiro atoms. The molecule has 0 bridgehead atoms. The van der Waals surface area contributed by atoms with Crippen LogP contribution < -0.4 is 17.1 Å². The predicted molar refractivity (Wildman–Crippen MR) is 57.8 cm³/mol. The highest BCUT2D eigenvalue weighted by atomic mass is 79.9. The van der Waals surface area contributed by atoms with Crippen LogP contribution in [0, 0.1) is 0 Å². The van der Waals surface area contributed by atoms with Gasteiger partial charge in [-0.3, -0.25) is 0 Å². The molecule has 0 aromatic carbocycles. The molecule has 0 saturated heterocycles. The van der Waals surface area contributed by atoms with Crippen molar-refractivity contribution in [2.24, 2.45) is 16.8 Å². The topological polar surface area (TPSA) is 76.4 Å². The number of hydrazone groups is 1. The molecule has 0 amide bonds. The van der Waals surface area contributed by atoms with Gasteiger partial charge in [-0.05, 0) is 31.9 Å². The highest BCUT2D eigenvalue weighted by Gasteiger charge is 2.11. The van der Waals surface area contributed by atoms with E-state index in [2.05, 4.69) is 42.4 Å². The molecule has 0 aliphatic heterocycles. The Hall–Kier alpha value is -0.110. The van der Waals surface area contributed by atoms with Gasteiger partial charge in [-0.15, -0.1) is 11.3 Å². The Morgan fingerprint density at radius 2 is 2.25 bits per heavy atom. The molecule has 0 aliphatic rings. The molecule has 12 heavy (non-hydrogen) atoms. The second kappa shape index (κ2) is 4.22. The van der Waals surface area contributed by atoms with Crippen LogP contribution in [0.25, 0.3) is 0 Å². The Morgan fingerprint density at radius 3 is 2.58 bits per heavy atom. The third-order valence-electron chi connectivity index (χ3n) is 1.17. The van der Waals surface area contributed by atoms with Gasteiger partial charge in [-0.2, -0.15) is 5.10 Å². The molecule has 0 fully saturated rings. The number of amidine groups is 1.